The summed E-state index contributed by atoms with van der Waals surface area (Å²) >= 11 is 2.55. The summed E-state index contributed by atoms with van der Waals surface area (Å²) < 4.78 is 0.614. The second-order valence-electron chi connectivity index (χ2n) is 6.15. The molecule has 0 aliphatic rings. The summed E-state index contributed by atoms with van der Waals surface area (Å²) in [6, 6.07) is 6.77. The van der Waals surface area contributed by atoms with Crippen LogP contribution in [-0.4, -0.2) is 33.0 Å². The molecule has 0 saturated heterocycles. The highest BCUT2D eigenvalue weighted by Gasteiger charge is 2.21. The minimum atomic E-state index is -0.348. The zero-order valence-electron chi connectivity index (χ0n) is 15.6. The Balaban J connectivity index is 1.97. The lowest BCUT2D eigenvalue weighted by Crippen LogP contribution is -2.24. The topological polar surface area (TPSA) is 101 Å². The Hall–Kier alpha value is -2.26. The Bertz CT molecular complexity index is 818. The van der Waals surface area contributed by atoms with Crippen LogP contribution >= 0.6 is 23.1 Å². The number of anilines is 2. The molecule has 0 aliphatic heterocycles. The number of aromatic nitrogens is 2. The second kappa shape index (κ2) is 9.61. The van der Waals surface area contributed by atoms with Crippen molar-refractivity contribution in [2.24, 2.45) is 5.92 Å². The Morgan fingerprint density at radius 3 is 2.30 bits per heavy atom. The molecule has 2 N–H and O–H groups in total. The molecule has 0 spiro atoms. The summed E-state index contributed by atoms with van der Waals surface area (Å²) in [5, 5.41) is 13.6. The average molecular weight is 407 g/mol. The number of Topliss-reactive ketones (excluding diaryl/α,β-unsaturated/α-hetero) is 1. The van der Waals surface area contributed by atoms with E-state index in [0.717, 1.165) is 0 Å². The van der Waals surface area contributed by atoms with Crippen molar-refractivity contribution in [2.45, 2.75) is 43.7 Å². The smallest absolute Gasteiger partial charge is 0.237 e. The van der Waals surface area contributed by atoms with Crippen molar-refractivity contribution >= 4 is 51.5 Å². The number of hydrogen-bond acceptors (Lipinski definition) is 7. The lowest BCUT2D eigenvalue weighted by atomic mass is 10.1. The number of nitrogens with one attached hydrogen (secondary N) is 2. The summed E-state index contributed by atoms with van der Waals surface area (Å²) in [5.74, 6) is -0.442. The summed E-state index contributed by atoms with van der Waals surface area (Å²) in [6.45, 7) is 7.01. The largest absolute Gasteiger partial charge is 0.325 e. The molecule has 2 aromatic rings. The maximum atomic E-state index is 12.5. The first kappa shape index (κ1) is 21.0. The molecule has 0 aliphatic carbocycles. The number of ketones is 1. The van der Waals surface area contributed by atoms with Gasteiger partial charge in [0.1, 0.15) is 0 Å². The normalized spacial score (nSPS) is 11.9. The first-order valence-corrected chi connectivity index (χ1v) is 10.2. The molecule has 9 heteroatoms. The maximum absolute atomic E-state index is 12.5. The van der Waals surface area contributed by atoms with Gasteiger partial charge in [0.25, 0.3) is 0 Å². The zero-order chi connectivity index (χ0) is 20.0. The van der Waals surface area contributed by atoms with E-state index in [1.165, 1.54) is 30.0 Å². The van der Waals surface area contributed by atoms with Gasteiger partial charge in [-0.3, -0.25) is 14.4 Å². The number of rotatable bonds is 8. The second-order valence-corrected chi connectivity index (χ2v) is 8.58. The van der Waals surface area contributed by atoms with Crippen molar-refractivity contribution in [3.8, 4) is 0 Å². The highest BCUT2D eigenvalue weighted by molar-refractivity contribution is 8.02. The maximum Gasteiger partial charge on any atom is 0.237 e. The van der Waals surface area contributed by atoms with Crippen LogP contribution in [0.1, 0.15) is 44.5 Å². The Kier molecular flexibility index (Phi) is 7.49. The highest BCUT2D eigenvalue weighted by Crippen LogP contribution is 2.31. The van der Waals surface area contributed by atoms with Crippen molar-refractivity contribution < 1.29 is 14.4 Å². The molecule has 1 aromatic carbocycles. The Morgan fingerprint density at radius 1 is 1.07 bits per heavy atom. The van der Waals surface area contributed by atoms with E-state index in [1.54, 1.807) is 38.1 Å². The van der Waals surface area contributed by atoms with Gasteiger partial charge in [-0.05, 0) is 37.6 Å². The van der Waals surface area contributed by atoms with E-state index in [2.05, 4.69) is 20.8 Å². The van der Waals surface area contributed by atoms with Crippen LogP contribution in [0.25, 0.3) is 0 Å². The molecule has 1 heterocycles. The minimum absolute atomic E-state index is 0.0218. The van der Waals surface area contributed by atoms with Gasteiger partial charge in [0.15, 0.2) is 10.1 Å². The molecular weight excluding hydrogens is 384 g/mol. The van der Waals surface area contributed by atoms with Gasteiger partial charge >= 0.3 is 0 Å². The van der Waals surface area contributed by atoms with Gasteiger partial charge in [0.2, 0.25) is 16.9 Å². The number of nitrogens with zero attached hydrogens (tertiary/aromatic N) is 2. The van der Waals surface area contributed by atoms with Gasteiger partial charge in [-0.2, -0.15) is 0 Å². The lowest BCUT2D eigenvalue weighted by molar-refractivity contribution is -0.119. The molecule has 1 atom stereocenters. The predicted octanol–water partition coefficient (Wildman–Crippen LogP) is 3.84. The highest BCUT2D eigenvalue weighted by atomic mass is 32.2. The number of hydrogen-bond donors (Lipinski definition) is 2. The van der Waals surface area contributed by atoms with E-state index in [4.69, 9.17) is 0 Å². The quantitative estimate of drug-likeness (QED) is 0.392. The summed E-state index contributed by atoms with van der Waals surface area (Å²) in [4.78, 5) is 35.6. The van der Waals surface area contributed by atoms with Crippen molar-refractivity contribution in [1.29, 1.82) is 0 Å². The standard InChI is InChI=1S/C18H22N4O3S2/c1-5-14(16(25)19-13-8-6-12(7-9-13)11(4)23)26-18-22-21-17(27-18)20-15(24)10(2)3/h6-10,14H,5H2,1-4H3,(H,19,25)(H,20,21,24)/t14-/m1/s1. The van der Waals surface area contributed by atoms with Crippen LogP contribution in [0.4, 0.5) is 10.8 Å². The number of carbonyl (C=O) groups is 3. The Labute approximate surface area is 166 Å². The SMILES string of the molecule is CC[C@@H](Sc1nnc(NC(=O)C(C)C)s1)C(=O)Nc1ccc(C(C)=O)cc1. The number of carbonyl (C=O) groups excluding carboxylic acids is 3. The fraction of sp³-hybridized carbons (Fsp3) is 0.389. The molecule has 144 valence electrons. The third-order valence-corrected chi connectivity index (χ3v) is 5.91. The molecule has 27 heavy (non-hydrogen) atoms. The van der Waals surface area contributed by atoms with Crippen LogP contribution in [0.15, 0.2) is 28.6 Å². The summed E-state index contributed by atoms with van der Waals surface area (Å²) in [7, 11) is 0. The van der Waals surface area contributed by atoms with E-state index in [9.17, 15) is 14.4 Å². The number of benzene rings is 1. The van der Waals surface area contributed by atoms with Crippen LogP contribution in [0, 0.1) is 5.92 Å². The van der Waals surface area contributed by atoms with Crippen LogP contribution in [0.2, 0.25) is 0 Å². The number of thioether (sulfide) groups is 1. The molecule has 0 saturated carbocycles. The van der Waals surface area contributed by atoms with Crippen LogP contribution < -0.4 is 10.6 Å². The zero-order valence-corrected chi connectivity index (χ0v) is 17.2. The van der Waals surface area contributed by atoms with Gasteiger partial charge in [0.05, 0.1) is 5.25 Å². The first-order chi connectivity index (χ1) is 12.8. The van der Waals surface area contributed by atoms with E-state index < -0.39 is 0 Å². The molecule has 0 bridgehead atoms. The van der Waals surface area contributed by atoms with Crippen LogP contribution in [-0.2, 0) is 9.59 Å². The van der Waals surface area contributed by atoms with Gasteiger partial charge in [-0.1, -0.05) is 43.9 Å². The lowest BCUT2D eigenvalue weighted by Gasteiger charge is -2.13. The fourth-order valence-electron chi connectivity index (χ4n) is 2.01. The van der Waals surface area contributed by atoms with Crippen molar-refractivity contribution in [1.82, 2.24) is 10.2 Å². The first-order valence-electron chi connectivity index (χ1n) is 8.53. The summed E-state index contributed by atoms with van der Waals surface area (Å²) in [6.07, 6.45) is 0.606. The average Bonchev–Trinajstić information content (AvgIpc) is 3.06. The van der Waals surface area contributed by atoms with Crippen molar-refractivity contribution in [3.63, 3.8) is 0 Å². The van der Waals surface area contributed by atoms with Gasteiger partial charge < -0.3 is 10.6 Å². The molecule has 0 fully saturated rings. The third kappa shape index (κ3) is 6.14. The van der Waals surface area contributed by atoms with E-state index >= 15 is 0 Å². The van der Waals surface area contributed by atoms with Gasteiger partial charge in [-0.15, -0.1) is 10.2 Å². The molecule has 2 amide bonds. The molecular formula is C18H22N4O3S2. The summed E-state index contributed by atoms with van der Waals surface area (Å²) in [5.41, 5.74) is 1.23. The van der Waals surface area contributed by atoms with Crippen LogP contribution in [0.5, 0.6) is 0 Å². The molecule has 0 unspecified atom stereocenters. The molecule has 0 radical (unpaired) electrons. The monoisotopic (exact) mass is 406 g/mol. The Morgan fingerprint density at radius 2 is 1.74 bits per heavy atom. The predicted molar refractivity (Wildman–Crippen MR) is 108 cm³/mol. The van der Waals surface area contributed by atoms with E-state index in [0.29, 0.717) is 27.1 Å². The third-order valence-electron chi connectivity index (χ3n) is 3.63. The van der Waals surface area contributed by atoms with Gasteiger partial charge in [0, 0.05) is 17.2 Å². The van der Waals surface area contributed by atoms with Crippen molar-refractivity contribution in [2.75, 3.05) is 10.6 Å². The molecule has 2 rings (SSSR count). The fourth-order valence-corrected chi connectivity index (χ4v) is 3.93. The van der Waals surface area contributed by atoms with E-state index in [1.807, 2.05) is 6.92 Å². The molecule has 7 nitrogen and oxygen atoms in total. The van der Waals surface area contributed by atoms with Crippen molar-refractivity contribution in [3.05, 3.63) is 29.8 Å². The number of amides is 2. The van der Waals surface area contributed by atoms with E-state index in [-0.39, 0.29) is 28.8 Å². The molecule has 1 aromatic heterocycles. The van der Waals surface area contributed by atoms with Gasteiger partial charge in [-0.25, -0.2) is 0 Å². The minimum Gasteiger partial charge on any atom is -0.325 e. The van der Waals surface area contributed by atoms with Crippen LogP contribution in [0.3, 0.4) is 0 Å².